The van der Waals surface area contributed by atoms with E-state index in [4.69, 9.17) is 0 Å². The summed E-state index contributed by atoms with van der Waals surface area (Å²) < 4.78 is 23.9. The van der Waals surface area contributed by atoms with Gasteiger partial charge in [-0.2, -0.15) is 4.31 Å². The normalized spacial score (nSPS) is 19.6. The van der Waals surface area contributed by atoms with Crippen LogP contribution < -0.4 is 0 Å². The maximum atomic E-state index is 11.2. The molecule has 1 saturated heterocycles. The predicted molar refractivity (Wildman–Crippen MR) is 43.4 cm³/mol. The Labute approximate surface area is 67.1 Å². The summed E-state index contributed by atoms with van der Waals surface area (Å²) in [5.41, 5.74) is 2.28. The molecule has 0 aromatic carbocycles. The molecule has 0 bridgehead atoms. The first-order valence-corrected chi connectivity index (χ1v) is 5.03. The van der Waals surface area contributed by atoms with E-state index in [-0.39, 0.29) is 0 Å². The minimum atomic E-state index is -3.18. The lowest BCUT2D eigenvalue weighted by Gasteiger charge is -2.10. The number of rotatable bonds is 2. The van der Waals surface area contributed by atoms with Gasteiger partial charge in [-0.3, -0.25) is 0 Å². The van der Waals surface area contributed by atoms with Crippen molar-refractivity contribution < 1.29 is 8.42 Å². The van der Waals surface area contributed by atoms with Crippen LogP contribution in [0.2, 0.25) is 0 Å². The molecule has 11 heavy (non-hydrogen) atoms. The van der Waals surface area contributed by atoms with Gasteiger partial charge in [0, 0.05) is 13.1 Å². The Morgan fingerprint density at radius 1 is 1.36 bits per heavy atom. The van der Waals surface area contributed by atoms with E-state index in [1.807, 2.05) is 0 Å². The molecule has 0 aromatic rings. The first kappa shape index (κ1) is 8.53. The second-order valence-electron chi connectivity index (χ2n) is 2.47. The molecule has 0 radical (unpaired) electrons. The highest BCUT2D eigenvalue weighted by atomic mass is 32.2. The maximum Gasteiger partial charge on any atom is 0.243 e. The van der Waals surface area contributed by atoms with Gasteiger partial charge in [-0.1, -0.05) is 6.58 Å². The van der Waals surface area contributed by atoms with Crippen molar-refractivity contribution in [3.05, 3.63) is 17.7 Å². The lowest BCUT2D eigenvalue weighted by Crippen LogP contribution is -2.25. The van der Waals surface area contributed by atoms with Crippen molar-refractivity contribution in [3.63, 3.8) is 0 Å². The van der Waals surface area contributed by atoms with Gasteiger partial charge in [0.2, 0.25) is 10.0 Å². The number of sulfonamides is 1. The second-order valence-corrected chi connectivity index (χ2v) is 4.26. The lowest BCUT2D eigenvalue weighted by atomic mass is 10.4. The maximum absolute atomic E-state index is 11.2. The molecule has 0 saturated carbocycles. The highest BCUT2D eigenvalue weighted by molar-refractivity contribution is 7.92. The smallest absolute Gasteiger partial charge is 0.207 e. The third-order valence-electron chi connectivity index (χ3n) is 1.66. The van der Waals surface area contributed by atoms with Crippen molar-refractivity contribution in [2.75, 3.05) is 13.1 Å². The van der Waals surface area contributed by atoms with Gasteiger partial charge >= 0.3 is 0 Å². The summed E-state index contributed by atoms with van der Waals surface area (Å²) in [6.45, 7) is 4.51. The summed E-state index contributed by atoms with van der Waals surface area (Å²) in [5, 5.41) is 1.03. The molecular formula is C7H11NO2S. The zero-order chi connectivity index (χ0) is 8.32. The van der Waals surface area contributed by atoms with Crippen molar-refractivity contribution in [2.24, 2.45) is 0 Å². The first-order chi connectivity index (χ1) is 5.17. The van der Waals surface area contributed by atoms with E-state index in [0.717, 1.165) is 18.2 Å². The minimum absolute atomic E-state index is 0.639. The van der Waals surface area contributed by atoms with Gasteiger partial charge < -0.3 is 0 Å². The standard InChI is InChI=1S/C7H11NO2S/c1-2-7-11(9,10)8-5-3-4-6-8/h7H,1,3-6H2. The van der Waals surface area contributed by atoms with Crippen LogP contribution in [0.1, 0.15) is 12.8 Å². The minimum Gasteiger partial charge on any atom is -0.207 e. The average molecular weight is 173 g/mol. The first-order valence-electron chi connectivity index (χ1n) is 3.53. The highest BCUT2D eigenvalue weighted by Gasteiger charge is 2.22. The van der Waals surface area contributed by atoms with Gasteiger partial charge in [0.05, 0.1) is 5.41 Å². The van der Waals surface area contributed by atoms with Gasteiger partial charge in [-0.25, -0.2) is 8.42 Å². The Bertz CT molecular complexity index is 269. The fourth-order valence-corrected chi connectivity index (χ4v) is 2.25. The van der Waals surface area contributed by atoms with Crippen LogP contribution in [0.4, 0.5) is 0 Å². The highest BCUT2D eigenvalue weighted by Crippen LogP contribution is 2.12. The SMILES string of the molecule is C=C=CS(=O)(=O)N1CCCC1. The quantitative estimate of drug-likeness (QED) is 0.577. The zero-order valence-corrected chi connectivity index (χ0v) is 7.10. The van der Waals surface area contributed by atoms with Crippen LogP contribution >= 0.6 is 0 Å². The molecule has 1 aliphatic rings. The monoisotopic (exact) mass is 173 g/mol. The Morgan fingerprint density at radius 3 is 2.36 bits per heavy atom. The number of hydrogen-bond donors (Lipinski definition) is 0. The van der Waals surface area contributed by atoms with Gasteiger partial charge in [0.25, 0.3) is 0 Å². The molecule has 1 rings (SSSR count). The van der Waals surface area contributed by atoms with Crippen molar-refractivity contribution in [3.8, 4) is 0 Å². The molecule has 0 aliphatic carbocycles. The summed E-state index contributed by atoms with van der Waals surface area (Å²) in [4.78, 5) is 0. The van der Waals surface area contributed by atoms with E-state index in [1.165, 1.54) is 4.31 Å². The van der Waals surface area contributed by atoms with Gasteiger partial charge in [0.1, 0.15) is 0 Å². The summed E-state index contributed by atoms with van der Waals surface area (Å²) in [6, 6.07) is 0. The molecule has 0 amide bonds. The van der Waals surface area contributed by atoms with E-state index in [1.54, 1.807) is 0 Å². The van der Waals surface area contributed by atoms with Crippen LogP contribution in [0.3, 0.4) is 0 Å². The fraction of sp³-hybridized carbons (Fsp3) is 0.571. The number of nitrogens with zero attached hydrogens (tertiary/aromatic N) is 1. The molecular weight excluding hydrogens is 162 g/mol. The third-order valence-corrected chi connectivity index (χ3v) is 3.21. The van der Waals surface area contributed by atoms with Gasteiger partial charge in [0.15, 0.2) is 0 Å². The zero-order valence-electron chi connectivity index (χ0n) is 6.28. The predicted octanol–water partition coefficient (Wildman–Crippen LogP) is 0.711. The molecule has 1 aliphatic heterocycles. The largest absolute Gasteiger partial charge is 0.243 e. The van der Waals surface area contributed by atoms with E-state index >= 15 is 0 Å². The van der Waals surface area contributed by atoms with Crippen molar-refractivity contribution in [2.45, 2.75) is 12.8 Å². The Kier molecular flexibility index (Phi) is 2.49. The fourth-order valence-electron chi connectivity index (χ4n) is 1.12. The Hall–Kier alpha value is -0.570. The van der Waals surface area contributed by atoms with Crippen LogP contribution in [0.25, 0.3) is 0 Å². The van der Waals surface area contributed by atoms with E-state index < -0.39 is 10.0 Å². The molecule has 0 atom stereocenters. The molecule has 1 heterocycles. The molecule has 0 spiro atoms. The third kappa shape index (κ3) is 1.93. The van der Waals surface area contributed by atoms with E-state index in [2.05, 4.69) is 12.3 Å². The summed E-state index contributed by atoms with van der Waals surface area (Å²) in [5.74, 6) is 0. The Morgan fingerprint density at radius 2 is 1.91 bits per heavy atom. The topological polar surface area (TPSA) is 37.4 Å². The lowest BCUT2D eigenvalue weighted by molar-refractivity contribution is 0.486. The van der Waals surface area contributed by atoms with Crippen molar-refractivity contribution in [1.82, 2.24) is 4.31 Å². The molecule has 3 nitrogen and oxygen atoms in total. The van der Waals surface area contributed by atoms with Crippen LogP contribution in [-0.4, -0.2) is 25.8 Å². The van der Waals surface area contributed by atoms with Crippen molar-refractivity contribution >= 4 is 10.0 Å². The molecule has 4 heteroatoms. The van der Waals surface area contributed by atoms with E-state index in [9.17, 15) is 8.42 Å². The average Bonchev–Trinajstić information content (AvgIpc) is 2.37. The molecule has 62 valence electrons. The molecule has 0 unspecified atom stereocenters. The molecule has 0 N–H and O–H groups in total. The van der Waals surface area contributed by atoms with Crippen LogP contribution in [-0.2, 0) is 10.0 Å². The summed E-state index contributed by atoms with van der Waals surface area (Å²) in [7, 11) is -3.18. The molecule has 0 aromatic heterocycles. The van der Waals surface area contributed by atoms with Crippen molar-refractivity contribution in [1.29, 1.82) is 0 Å². The second kappa shape index (κ2) is 3.22. The summed E-state index contributed by atoms with van der Waals surface area (Å²) in [6.07, 6.45) is 1.93. The van der Waals surface area contributed by atoms with Crippen LogP contribution in [0.5, 0.6) is 0 Å². The number of hydrogen-bond acceptors (Lipinski definition) is 2. The van der Waals surface area contributed by atoms with Crippen LogP contribution in [0.15, 0.2) is 17.7 Å². The Balaban J connectivity index is 2.79. The van der Waals surface area contributed by atoms with Crippen LogP contribution in [0, 0.1) is 0 Å². The van der Waals surface area contributed by atoms with Gasteiger partial charge in [-0.05, 0) is 12.8 Å². The van der Waals surface area contributed by atoms with E-state index in [0.29, 0.717) is 13.1 Å². The summed E-state index contributed by atoms with van der Waals surface area (Å²) >= 11 is 0. The molecule has 1 fully saturated rings. The van der Waals surface area contributed by atoms with Gasteiger partial charge in [-0.15, -0.1) is 5.73 Å².